The van der Waals surface area contributed by atoms with E-state index in [-0.39, 0.29) is 24.8 Å². The first-order chi connectivity index (χ1) is 14.8. The second kappa shape index (κ2) is 8.99. The molecule has 1 aliphatic carbocycles. The molecule has 0 radical (unpaired) electrons. The lowest BCUT2D eigenvalue weighted by molar-refractivity contribution is 0.163. The Morgan fingerprint density at radius 1 is 1.26 bits per heavy atom. The van der Waals surface area contributed by atoms with Crippen LogP contribution in [-0.4, -0.2) is 48.2 Å². The second-order valence-electron chi connectivity index (χ2n) is 7.59. The molecule has 0 amide bonds. The van der Waals surface area contributed by atoms with Gasteiger partial charge in [0, 0.05) is 23.9 Å². The highest BCUT2D eigenvalue weighted by molar-refractivity contribution is 7.87. The van der Waals surface area contributed by atoms with E-state index in [0.29, 0.717) is 17.0 Å². The summed E-state index contributed by atoms with van der Waals surface area (Å²) in [7, 11) is -3.79. The monoisotopic (exact) mass is 451 g/mol. The summed E-state index contributed by atoms with van der Waals surface area (Å²) in [6, 6.07) is 5.80. The van der Waals surface area contributed by atoms with Crippen LogP contribution in [0.25, 0.3) is 17.2 Å². The smallest absolute Gasteiger partial charge is 0.282 e. The van der Waals surface area contributed by atoms with Crippen molar-refractivity contribution in [3.05, 3.63) is 53.7 Å². The molecule has 4 rings (SSSR count). The van der Waals surface area contributed by atoms with Crippen LogP contribution in [0.4, 0.5) is 8.78 Å². The average Bonchev–Trinajstić information content (AvgIpc) is 3.31. The summed E-state index contributed by atoms with van der Waals surface area (Å²) in [5.41, 5.74) is 0.532. The molecule has 1 unspecified atom stereocenters. The third-order valence-electron chi connectivity index (χ3n) is 5.34. The van der Waals surface area contributed by atoms with Gasteiger partial charge >= 0.3 is 0 Å². The number of nitrogens with zero attached hydrogens (tertiary/aromatic N) is 2. The van der Waals surface area contributed by atoms with Gasteiger partial charge in [0.2, 0.25) is 5.88 Å². The van der Waals surface area contributed by atoms with Gasteiger partial charge in [-0.3, -0.25) is 0 Å². The number of rotatable bonds is 6. The zero-order valence-corrected chi connectivity index (χ0v) is 17.5. The Kier molecular flexibility index (Phi) is 6.33. The van der Waals surface area contributed by atoms with Gasteiger partial charge in [0.25, 0.3) is 10.2 Å². The second-order valence-corrected chi connectivity index (χ2v) is 9.29. The van der Waals surface area contributed by atoms with E-state index in [2.05, 4.69) is 4.98 Å². The standard InChI is InChI=1S/C21H23F2N3O4S/c22-18-11-14(16-7-3-9-24-21(16)30-15-5-1-2-6-15)12-19(23)17(18)8-4-10-26-13-20(27)25-31(26,28)29/h3-4,7-9,11-12,15,20,25,27H,1-2,5-6,10,13H2/b8-4+. The molecule has 2 aromatic rings. The van der Waals surface area contributed by atoms with Crippen LogP contribution in [0.5, 0.6) is 5.88 Å². The van der Waals surface area contributed by atoms with Gasteiger partial charge < -0.3 is 9.84 Å². The summed E-state index contributed by atoms with van der Waals surface area (Å²) in [6.07, 6.45) is 6.99. The molecule has 2 aliphatic rings. The molecule has 2 N–H and O–H groups in total. The molecular weight excluding hydrogens is 428 g/mol. The lowest BCUT2D eigenvalue weighted by Crippen LogP contribution is -2.30. The van der Waals surface area contributed by atoms with Gasteiger partial charge in [0.15, 0.2) is 0 Å². The highest BCUT2D eigenvalue weighted by Gasteiger charge is 2.33. The maximum absolute atomic E-state index is 14.7. The lowest BCUT2D eigenvalue weighted by Gasteiger charge is -2.15. The van der Waals surface area contributed by atoms with Gasteiger partial charge in [-0.2, -0.15) is 17.4 Å². The van der Waals surface area contributed by atoms with Crippen molar-refractivity contribution in [2.24, 2.45) is 0 Å². The molecular formula is C21H23F2N3O4S. The third kappa shape index (κ3) is 4.93. The number of benzene rings is 1. The number of nitrogens with one attached hydrogen (secondary N) is 1. The molecule has 7 nitrogen and oxygen atoms in total. The Bertz CT molecular complexity index is 1060. The van der Waals surface area contributed by atoms with Crippen LogP contribution in [0.15, 0.2) is 36.5 Å². The first-order valence-corrected chi connectivity index (χ1v) is 11.5. The van der Waals surface area contributed by atoms with Crippen LogP contribution >= 0.6 is 0 Å². The maximum atomic E-state index is 14.7. The summed E-state index contributed by atoms with van der Waals surface area (Å²) in [4.78, 5) is 4.24. The molecule has 1 aromatic carbocycles. The fraction of sp³-hybridized carbons (Fsp3) is 0.381. The Morgan fingerprint density at radius 3 is 2.61 bits per heavy atom. The number of pyridine rings is 1. The Labute approximate surface area is 179 Å². The van der Waals surface area contributed by atoms with E-state index in [9.17, 15) is 22.3 Å². The molecule has 166 valence electrons. The summed E-state index contributed by atoms with van der Waals surface area (Å²) >= 11 is 0. The zero-order valence-electron chi connectivity index (χ0n) is 16.7. The number of aliphatic hydroxyl groups excluding tert-OH is 1. The first-order valence-electron chi connectivity index (χ1n) is 10.1. The van der Waals surface area contributed by atoms with Crippen molar-refractivity contribution >= 4 is 16.3 Å². The van der Waals surface area contributed by atoms with Crippen LogP contribution in [0.1, 0.15) is 31.2 Å². The van der Waals surface area contributed by atoms with Gasteiger partial charge in [-0.25, -0.2) is 13.8 Å². The van der Waals surface area contributed by atoms with Crippen LogP contribution in [-0.2, 0) is 10.2 Å². The minimum absolute atomic E-state index is 0.0559. The van der Waals surface area contributed by atoms with E-state index in [1.807, 2.05) is 4.72 Å². The Hall–Kier alpha value is -2.40. The molecule has 0 bridgehead atoms. The van der Waals surface area contributed by atoms with E-state index >= 15 is 0 Å². The number of hydrogen-bond donors (Lipinski definition) is 2. The van der Waals surface area contributed by atoms with E-state index in [0.717, 1.165) is 30.0 Å². The summed E-state index contributed by atoms with van der Waals surface area (Å²) in [5, 5.41) is 9.40. The molecule has 1 saturated carbocycles. The quantitative estimate of drug-likeness (QED) is 0.705. The molecule has 31 heavy (non-hydrogen) atoms. The minimum Gasteiger partial charge on any atom is -0.474 e. The number of halogens is 2. The molecule has 1 aliphatic heterocycles. The van der Waals surface area contributed by atoms with Gasteiger partial charge in [0.1, 0.15) is 24.0 Å². The fourth-order valence-electron chi connectivity index (χ4n) is 3.80. The van der Waals surface area contributed by atoms with E-state index in [1.54, 1.807) is 18.3 Å². The number of β-amino-alcohol motifs (C(OH)–C–C–N with tert-alkyl or cyclic N) is 1. The highest BCUT2D eigenvalue weighted by Crippen LogP contribution is 2.33. The van der Waals surface area contributed by atoms with E-state index < -0.39 is 28.1 Å². The molecule has 2 fully saturated rings. The van der Waals surface area contributed by atoms with Crippen LogP contribution in [0.2, 0.25) is 0 Å². The first kappa shape index (κ1) is 21.8. The molecule has 1 atom stereocenters. The molecule has 1 saturated heterocycles. The maximum Gasteiger partial charge on any atom is 0.282 e. The van der Waals surface area contributed by atoms with Crippen LogP contribution in [0, 0.1) is 11.6 Å². The minimum atomic E-state index is -3.79. The largest absolute Gasteiger partial charge is 0.474 e. The number of ether oxygens (including phenoxy) is 1. The van der Waals surface area contributed by atoms with Crippen molar-refractivity contribution in [1.82, 2.24) is 14.0 Å². The highest BCUT2D eigenvalue weighted by atomic mass is 32.2. The summed E-state index contributed by atoms with van der Waals surface area (Å²) < 4.78 is 61.9. The van der Waals surface area contributed by atoms with Crippen LogP contribution < -0.4 is 9.46 Å². The molecule has 1 aromatic heterocycles. The topological polar surface area (TPSA) is 91.8 Å². The molecule has 0 spiro atoms. The van der Waals surface area contributed by atoms with Gasteiger partial charge in [-0.1, -0.05) is 12.2 Å². The van der Waals surface area contributed by atoms with Crippen molar-refractivity contribution < 1.29 is 27.0 Å². The number of hydrogen-bond acceptors (Lipinski definition) is 5. The normalized spacial score (nSPS) is 21.8. The van der Waals surface area contributed by atoms with E-state index in [1.165, 1.54) is 24.3 Å². The molecule has 10 heteroatoms. The summed E-state index contributed by atoms with van der Waals surface area (Å²) in [6.45, 7) is -0.267. The predicted octanol–water partition coefficient (Wildman–Crippen LogP) is 2.83. The zero-order chi connectivity index (χ0) is 22.0. The van der Waals surface area contributed by atoms with Crippen molar-refractivity contribution in [2.75, 3.05) is 13.1 Å². The van der Waals surface area contributed by atoms with Crippen molar-refractivity contribution in [3.8, 4) is 17.0 Å². The Balaban J connectivity index is 1.54. The lowest BCUT2D eigenvalue weighted by atomic mass is 10.0. The average molecular weight is 451 g/mol. The Morgan fingerprint density at radius 2 is 1.97 bits per heavy atom. The van der Waals surface area contributed by atoms with E-state index in [4.69, 9.17) is 4.74 Å². The van der Waals surface area contributed by atoms with Gasteiger partial charge in [-0.05, 0) is 55.5 Å². The summed E-state index contributed by atoms with van der Waals surface area (Å²) in [5.74, 6) is -1.23. The van der Waals surface area contributed by atoms with Crippen molar-refractivity contribution in [1.29, 1.82) is 0 Å². The fourth-order valence-corrected chi connectivity index (χ4v) is 4.99. The molecule has 2 heterocycles. The predicted molar refractivity (Wildman–Crippen MR) is 111 cm³/mol. The third-order valence-corrected chi connectivity index (χ3v) is 6.88. The van der Waals surface area contributed by atoms with Gasteiger partial charge in [0.05, 0.1) is 6.54 Å². The SMILES string of the molecule is O=S1(=O)NC(O)CN1C/C=C/c1c(F)cc(-c2cccnc2OC2CCCC2)cc1F. The van der Waals surface area contributed by atoms with Crippen molar-refractivity contribution in [2.45, 2.75) is 38.0 Å². The number of aromatic nitrogens is 1. The van der Waals surface area contributed by atoms with Crippen molar-refractivity contribution in [3.63, 3.8) is 0 Å². The number of aliphatic hydroxyl groups is 1. The van der Waals surface area contributed by atoms with Gasteiger partial charge in [-0.15, -0.1) is 0 Å². The van der Waals surface area contributed by atoms with Crippen LogP contribution in [0.3, 0.4) is 0 Å².